The van der Waals surface area contributed by atoms with E-state index in [9.17, 15) is 0 Å². The quantitative estimate of drug-likeness (QED) is 0.583. The number of hydrogen-bond acceptors (Lipinski definition) is 2. The number of aliphatic hydroxyl groups is 1. The Balaban J connectivity index is 2.48. The summed E-state index contributed by atoms with van der Waals surface area (Å²) in [4.78, 5) is 0. The highest BCUT2D eigenvalue weighted by atomic mass is 32.2. The van der Waals surface area contributed by atoms with Gasteiger partial charge in [-0.05, 0) is 37.0 Å². The van der Waals surface area contributed by atoms with Crippen LogP contribution in [0.3, 0.4) is 0 Å². The Morgan fingerprint density at radius 3 is 2.58 bits per heavy atom. The van der Waals surface area contributed by atoms with E-state index in [0.29, 0.717) is 0 Å². The molecule has 12 heavy (non-hydrogen) atoms. The van der Waals surface area contributed by atoms with Gasteiger partial charge in [-0.2, -0.15) is 11.1 Å². The molecular formula is C9H17NOS. The summed E-state index contributed by atoms with van der Waals surface area (Å²) in [7, 11) is 0. The van der Waals surface area contributed by atoms with Gasteiger partial charge in [-0.15, -0.1) is 0 Å². The molecule has 1 rings (SSSR count). The van der Waals surface area contributed by atoms with Crippen molar-refractivity contribution in [2.45, 2.75) is 12.8 Å². The maximum Gasteiger partial charge on any atom is 0.0644 e. The molecule has 3 heteroatoms. The van der Waals surface area contributed by atoms with Crippen LogP contribution in [0.4, 0.5) is 0 Å². The fourth-order valence-corrected chi connectivity index (χ4v) is 1.95. The molecule has 0 bridgehead atoms. The van der Waals surface area contributed by atoms with Crippen LogP contribution in [0.15, 0.2) is 23.4 Å². The Morgan fingerprint density at radius 2 is 2.17 bits per heavy atom. The lowest BCUT2D eigenvalue weighted by Gasteiger charge is -2.19. The summed E-state index contributed by atoms with van der Waals surface area (Å²) in [6.07, 6.45) is 10.5. The van der Waals surface area contributed by atoms with Crippen molar-refractivity contribution in [3.8, 4) is 0 Å². The van der Waals surface area contributed by atoms with Crippen LogP contribution >= 0.6 is 11.1 Å². The van der Waals surface area contributed by atoms with Gasteiger partial charge in [0.15, 0.2) is 0 Å². The largest absolute Gasteiger partial charge is 0.392 e. The molecular weight excluding hydrogens is 170 g/mol. The van der Waals surface area contributed by atoms with Crippen LogP contribution in [0.2, 0.25) is 0 Å². The summed E-state index contributed by atoms with van der Waals surface area (Å²) >= 11 is -0.0519. The van der Waals surface area contributed by atoms with Crippen LogP contribution in [0, 0.1) is 0 Å². The van der Waals surface area contributed by atoms with Crippen molar-refractivity contribution in [1.29, 1.82) is 0 Å². The Hall–Kier alpha value is -0.410. The van der Waals surface area contributed by atoms with Gasteiger partial charge < -0.3 is 9.83 Å². The fraction of sp³-hybridized carbons (Fsp3) is 0.556. The molecule has 0 aromatic rings. The van der Waals surface area contributed by atoms with Crippen LogP contribution in [-0.4, -0.2) is 24.2 Å². The molecule has 0 spiro atoms. The number of allylic oxidation sites excluding steroid dienone is 3. The van der Waals surface area contributed by atoms with E-state index >= 15 is 0 Å². The zero-order valence-electron chi connectivity index (χ0n) is 7.67. The predicted molar refractivity (Wildman–Crippen MR) is 56.5 cm³/mol. The first kappa shape index (κ1) is 9.68. The number of thiol groups is 1. The molecule has 0 saturated carbocycles. The zero-order chi connectivity index (χ0) is 8.97. The van der Waals surface area contributed by atoms with Gasteiger partial charge in [-0.1, -0.05) is 6.08 Å². The smallest absolute Gasteiger partial charge is 0.0644 e. The molecule has 1 aliphatic carbocycles. The normalized spacial score (nSPS) is 18.1. The second kappa shape index (κ2) is 4.58. The van der Waals surface area contributed by atoms with Gasteiger partial charge in [-0.3, -0.25) is 0 Å². The van der Waals surface area contributed by atoms with E-state index in [4.69, 9.17) is 5.11 Å². The highest BCUT2D eigenvalue weighted by Crippen LogP contribution is 2.20. The molecule has 0 amide bonds. The third kappa shape index (κ3) is 2.91. The number of hydrogen-bond donors (Lipinski definition) is 3. The Morgan fingerprint density at radius 1 is 1.42 bits per heavy atom. The van der Waals surface area contributed by atoms with Crippen molar-refractivity contribution in [3.63, 3.8) is 0 Å². The van der Waals surface area contributed by atoms with Crippen LogP contribution in [0.25, 0.3) is 0 Å². The third-order valence-electron chi connectivity index (χ3n) is 1.81. The SMILES string of the molecule is C[SH](C)NC1=CC=C(CO)CC1. The first-order valence-corrected chi connectivity index (χ1v) is 6.39. The molecule has 0 aromatic carbocycles. The number of rotatable bonds is 3. The van der Waals surface area contributed by atoms with Gasteiger partial charge in [0.05, 0.1) is 6.61 Å². The van der Waals surface area contributed by atoms with Gasteiger partial charge in [0, 0.05) is 5.70 Å². The zero-order valence-corrected chi connectivity index (χ0v) is 8.56. The third-order valence-corrected chi connectivity index (χ3v) is 2.54. The molecule has 2 N–H and O–H groups in total. The van der Waals surface area contributed by atoms with E-state index in [1.54, 1.807) is 0 Å². The van der Waals surface area contributed by atoms with Crippen molar-refractivity contribution in [1.82, 2.24) is 4.72 Å². The van der Waals surface area contributed by atoms with Crippen LogP contribution < -0.4 is 4.72 Å². The van der Waals surface area contributed by atoms with Gasteiger partial charge in [0.25, 0.3) is 0 Å². The maximum absolute atomic E-state index is 8.85. The second-order valence-electron chi connectivity index (χ2n) is 3.18. The maximum atomic E-state index is 8.85. The monoisotopic (exact) mass is 187 g/mol. The first-order valence-electron chi connectivity index (χ1n) is 4.16. The van der Waals surface area contributed by atoms with Gasteiger partial charge >= 0.3 is 0 Å². The Bertz CT molecular complexity index is 209. The lowest BCUT2D eigenvalue weighted by molar-refractivity contribution is 0.326. The van der Waals surface area contributed by atoms with E-state index < -0.39 is 0 Å². The van der Waals surface area contributed by atoms with Crippen molar-refractivity contribution >= 4 is 11.1 Å². The first-order chi connectivity index (χ1) is 5.72. The van der Waals surface area contributed by atoms with Crippen molar-refractivity contribution in [2.75, 3.05) is 19.1 Å². The Kier molecular flexibility index (Phi) is 3.69. The van der Waals surface area contributed by atoms with Crippen LogP contribution in [-0.2, 0) is 0 Å². The van der Waals surface area contributed by atoms with Crippen molar-refractivity contribution in [2.24, 2.45) is 0 Å². The molecule has 0 heterocycles. The van der Waals surface area contributed by atoms with Gasteiger partial charge in [0.2, 0.25) is 0 Å². The molecule has 70 valence electrons. The summed E-state index contributed by atoms with van der Waals surface area (Å²) < 4.78 is 3.43. The predicted octanol–water partition coefficient (Wildman–Crippen LogP) is 1.35. The Labute approximate surface area is 76.8 Å². The van der Waals surface area contributed by atoms with Crippen LogP contribution in [0.1, 0.15) is 12.8 Å². The average Bonchev–Trinajstić information content (AvgIpc) is 2.05. The molecule has 0 saturated heterocycles. The number of nitrogens with one attached hydrogen (secondary N) is 1. The van der Waals surface area contributed by atoms with Crippen molar-refractivity contribution < 1.29 is 5.11 Å². The molecule has 0 aromatic heterocycles. The van der Waals surface area contributed by atoms with E-state index in [-0.39, 0.29) is 17.7 Å². The minimum atomic E-state index is -0.0519. The molecule has 0 aliphatic heterocycles. The molecule has 0 radical (unpaired) electrons. The molecule has 1 aliphatic rings. The van der Waals surface area contributed by atoms with E-state index in [2.05, 4.69) is 23.3 Å². The van der Waals surface area contributed by atoms with E-state index in [0.717, 1.165) is 18.4 Å². The van der Waals surface area contributed by atoms with Crippen LogP contribution in [0.5, 0.6) is 0 Å². The lowest BCUT2D eigenvalue weighted by Crippen LogP contribution is -2.10. The summed E-state index contributed by atoms with van der Waals surface area (Å²) in [5.41, 5.74) is 2.44. The average molecular weight is 187 g/mol. The second-order valence-corrected chi connectivity index (χ2v) is 5.19. The molecule has 0 fully saturated rings. The lowest BCUT2D eigenvalue weighted by atomic mass is 10.0. The standard InChI is InChI=1S/C9H17NOS/c1-12(2)10-9-5-3-8(7-11)4-6-9/h3,5,10-12H,4,6-7H2,1-2H3. The van der Waals surface area contributed by atoms with Gasteiger partial charge in [0.1, 0.15) is 0 Å². The summed E-state index contributed by atoms with van der Waals surface area (Å²) in [5, 5.41) is 8.85. The highest BCUT2D eigenvalue weighted by Gasteiger charge is 2.04. The molecule has 0 unspecified atom stereocenters. The fourth-order valence-electron chi connectivity index (χ4n) is 1.19. The van der Waals surface area contributed by atoms with E-state index in [1.807, 2.05) is 6.08 Å². The highest BCUT2D eigenvalue weighted by molar-refractivity contribution is 8.14. The molecule has 2 nitrogen and oxygen atoms in total. The topological polar surface area (TPSA) is 32.3 Å². The summed E-state index contributed by atoms with van der Waals surface area (Å²) in [6.45, 7) is 0.205. The van der Waals surface area contributed by atoms with E-state index in [1.165, 1.54) is 5.70 Å². The van der Waals surface area contributed by atoms with Crippen molar-refractivity contribution in [3.05, 3.63) is 23.4 Å². The molecule has 0 atom stereocenters. The summed E-state index contributed by atoms with van der Waals surface area (Å²) in [5.74, 6) is 0. The summed E-state index contributed by atoms with van der Waals surface area (Å²) in [6, 6.07) is 0. The van der Waals surface area contributed by atoms with Gasteiger partial charge in [-0.25, -0.2) is 0 Å². The number of aliphatic hydroxyl groups excluding tert-OH is 1. The minimum Gasteiger partial charge on any atom is -0.392 e. The minimum absolute atomic E-state index is 0.0519.